The first-order valence-corrected chi connectivity index (χ1v) is 10.0. The van der Waals surface area contributed by atoms with E-state index in [1.165, 1.54) is 12.4 Å². The number of aryl methyl sites for hydroxylation is 1. The molecule has 2 aromatic rings. The lowest BCUT2D eigenvalue weighted by atomic mass is 9.92. The highest BCUT2D eigenvalue weighted by atomic mass is 32.1. The molecular weight excluding hydrogens is 496 g/mol. The highest BCUT2D eigenvalue weighted by molar-refractivity contribution is 7.80. The minimum atomic E-state index is -5.08. The van der Waals surface area contributed by atoms with Gasteiger partial charge >= 0.3 is 12.1 Å². The number of carbonyl (C=O) groups excluding carboxylic acids is 1. The molecule has 15 heteroatoms. The number of halogens is 4. The highest BCUT2D eigenvalue weighted by Crippen LogP contribution is 2.30. The van der Waals surface area contributed by atoms with Gasteiger partial charge in [0.1, 0.15) is 41.2 Å². The molecule has 1 aliphatic rings. The van der Waals surface area contributed by atoms with Crippen molar-refractivity contribution in [2.24, 2.45) is 16.5 Å². The first kappa shape index (κ1) is 27.5. The summed E-state index contributed by atoms with van der Waals surface area (Å²) in [5.41, 5.74) is 11.9. The Morgan fingerprint density at radius 1 is 1.31 bits per heavy atom. The number of hydrogen-bond donors (Lipinski definition) is 4. The van der Waals surface area contributed by atoms with E-state index >= 15 is 0 Å². The van der Waals surface area contributed by atoms with Crippen molar-refractivity contribution in [2.45, 2.75) is 18.6 Å². The molecule has 10 nitrogen and oxygen atoms in total. The van der Waals surface area contributed by atoms with Crippen LogP contribution in [0, 0.1) is 6.92 Å². The van der Waals surface area contributed by atoms with Gasteiger partial charge in [-0.25, -0.2) is 14.2 Å². The van der Waals surface area contributed by atoms with Crippen LogP contribution in [0.25, 0.3) is 0 Å². The summed E-state index contributed by atoms with van der Waals surface area (Å²) in [5, 5.41) is 9.79. The van der Waals surface area contributed by atoms with E-state index in [0.717, 1.165) is 0 Å². The zero-order valence-electron chi connectivity index (χ0n) is 18.1. The van der Waals surface area contributed by atoms with Gasteiger partial charge in [0.05, 0.1) is 6.61 Å². The highest BCUT2D eigenvalue weighted by Gasteiger charge is 2.38. The number of pyridine rings is 2. The molecule has 2 aromatic heterocycles. The van der Waals surface area contributed by atoms with Crippen LogP contribution in [0.3, 0.4) is 0 Å². The fraction of sp³-hybridized carbons (Fsp3) is 0.300. The van der Waals surface area contributed by atoms with Crippen molar-refractivity contribution in [3.63, 3.8) is 0 Å². The van der Waals surface area contributed by atoms with Gasteiger partial charge in [-0.05, 0) is 36.2 Å². The number of nitrogens with two attached hydrogens (primary N) is 2. The van der Waals surface area contributed by atoms with Crippen LogP contribution in [-0.4, -0.2) is 63.8 Å². The minimum absolute atomic E-state index is 0.0444. The smallest absolute Gasteiger partial charge is 0.475 e. The molecule has 0 bridgehead atoms. The molecule has 0 fully saturated rings. The number of rotatable bonds is 5. The van der Waals surface area contributed by atoms with Gasteiger partial charge in [0.15, 0.2) is 0 Å². The molecule has 1 aliphatic heterocycles. The second-order valence-electron chi connectivity index (χ2n) is 7.20. The summed E-state index contributed by atoms with van der Waals surface area (Å²) in [4.78, 5) is 34.2. The van der Waals surface area contributed by atoms with Crippen molar-refractivity contribution in [3.8, 4) is 0 Å². The Balaban J connectivity index is 0.000000540. The van der Waals surface area contributed by atoms with Crippen LogP contribution in [-0.2, 0) is 15.1 Å². The van der Waals surface area contributed by atoms with E-state index in [9.17, 15) is 22.4 Å². The number of aliphatic imine (C=N–C) groups is 1. The lowest BCUT2D eigenvalue weighted by Crippen LogP contribution is -2.41. The van der Waals surface area contributed by atoms with Crippen molar-refractivity contribution in [1.29, 1.82) is 0 Å². The first-order valence-electron chi connectivity index (χ1n) is 9.61. The third kappa shape index (κ3) is 7.13. The van der Waals surface area contributed by atoms with E-state index in [1.807, 2.05) is 0 Å². The summed E-state index contributed by atoms with van der Waals surface area (Å²) in [6.07, 6.45) is -2.19. The lowest BCUT2D eigenvalue weighted by Gasteiger charge is -2.31. The van der Waals surface area contributed by atoms with E-state index in [2.05, 4.69) is 20.3 Å². The minimum Gasteiger partial charge on any atom is -0.475 e. The SMILES string of the molecule is Cc1cc(C(N)=S)cnc1C(=O)Nc1cc(C2(CF)COCC(N)=N2)ccn1.O=C(O)C(F)(F)F. The molecule has 1 atom stereocenters. The fourth-order valence-corrected chi connectivity index (χ4v) is 2.98. The van der Waals surface area contributed by atoms with Gasteiger partial charge in [-0.2, -0.15) is 13.2 Å². The van der Waals surface area contributed by atoms with Crippen molar-refractivity contribution in [3.05, 3.63) is 53.0 Å². The summed E-state index contributed by atoms with van der Waals surface area (Å²) < 4.78 is 50.9. The van der Waals surface area contributed by atoms with Crippen molar-refractivity contribution in [2.75, 3.05) is 25.2 Å². The molecule has 3 heterocycles. The molecule has 0 saturated heterocycles. The summed E-state index contributed by atoms with van der Waals surface area (Å²) in [5.74, 6) is -2.78. The van der Waals surface area contributed by atoms with Crippen LogP contribution in [0.4, 0.5) is 23.4 Å². The number of ether oxygens (including phenoxy) is 1. The third-order valence-electron chi connectivity index (χ3n) is 4.53. The number of nitrogens with zero attached hydrogens (tertiary/aromatic N) is 3. The molecule has 1 unspecified atom stereocenters. The molecule has 188 valence electrons. The molecular formula is C20H20F4N6O4S. The first-order chi connectivity index (χ1) is 16.3. The molecule has 0 radical (unpaired) electrons. The van der Waals surface area contributed by atoms with Gasteiger partial charge in [0.25, 0.3) is 5.91 Å². The van der Waals surface area contributed by atoms with Crippen LogP contribution < -0.4 is 16.8 Å². The Morgan fingerprint density at radius 3 is 2.49 bits per heavy atom. The van der Waals surface area contributed by atoms with Crippen LogP contribution in [0.1, 0.15) is 27.2 Å². The average molecular weight is 516 g/mol. The molecule has 6 N–H and O–H groups in total. The fourth-order valence-electron chi connectivity index (χ4n) is 2.87. The molecule has 0 spiro atoms. The number of aromatic nitrogens is 2. The summed E-state index contributed by atoms with van der Waals surface area (Å²) >= 11 is 4.91. The van der Waals surface area contributed by atoms with E-state index in [-0.39, 0.29) is 35.5 Å². The number of aliphatic carboxylic acids is 1. The number of amidine groups is 1. The molecule has 35 heavy (non-hydrogen) atoms. The maximum Gasteiger partial charge on any atom is 0.490 e. The predicted molar refractivity (Wildman–Crippen MR) is 121 cm³/mol. The quantitative estimate of drug-likeness (QED) is 0.343. The topological polar surface area (TPSA) is 166 Å². The number of anilines is 1. The van der Waals surface area contributed by atoms with Crippen molar-refractivity contribution in [1.82, 2.24) is 9.97 Å². The number of carboxylic acids is 1. The number of thiocarbonyl (C=S) groups is 1. The normalized spacial score (nSPS) is 17.5. The largest absolute Gasteiger partial charge is 0.490 e. The van der Waals surface area contributed by atoms with Gasteiger partial charge < -0.3 is 26.6 Å². The number of nitrogens with one attached hydrogen (secondary N) is 1. The van der Waals surface area contributed by atoms with Crippen LogP contribution in [0.5, 0.6) is 0 Å². The van der Waals surface area contributed by atoms with E-state index in [0.29, 0.717) is 16.7 Å². The Kier molecular flexibility index (Phi) is 8.76. The number of amides is 1. The number of carboxylic acid groups (broad SMARTS) is 1. The monoisotopic (exact) mass is 516 g/mol. The van der Waals surface area contributed by atoms with Crippen LogP contribution >= 0.6 is 12.2 Å². The predicted octanol–water partition coefficient (Wildman–Crippen LogP) is 1.86. The number of hydrogen-bond acceptors (Lipinski definition) is 8. The number of alkyl halides is 4. The Morgan fingerprint density at radius 2 is 1.97 bits per heavy atom. The molecule has 1 amide bonds. The van der Waals surface area contributed by atoms with Gasteiger partial charge in [-0.3, -0.25) is 14.8 Å². The Hall–Kier alpha value is -3.72. The Bertz CT molecular complexity index is 1160. The maximum absolute atomic E-state index is 13.8. The summed E-state index contributed by atoms with van der Waals surface area (Å²) in [6.45, 7) is 1.13. The summed E-state index contributed by atoms with van der Waals surface area (Å²) in [7, 11) is 0. The standard InChI is InChI=1S/C18H19FN6O2S.C2HF3O2/c1-10-4-11(16(21)28)6-23-15(10)17(26)24-14-5-12(2-3-22-14)18(8-19)9-27-7-13(20)25-18;3-2(4,5)1(6)7/h2-6H,7-9H2,1H3,(H2,20,25)(H2,21,28)(H,22,24,26);(H,6,7). The molecule has 0 aromatic carbocycles. The zero-order valence-corrected chi connectivity index (χ0v) is 18.9. The van der Waals surface area contributed by atoms with Gasteiger partial charge in [-0.1, -0.05) is 12.2 Å². The molecule has 0 saturated carbocycles. The third-order valence-corrected chi connectivity index (χ3v) is 4.76. The second kappa shape index (κ2) is 11.1. The summed E-state index contributed by atoms with van der Waals surface area (Å²) in [6, 6.07) is 4.84. The zero-order chi connectivity index (χ0) is 26.4. The van der Waals surface area contributed by atoms with E-state index < -0.39 is 30.3 Å². The molecule has 0 aliphatic carbocycles. The Labute approximate surface area is 201 Å². The van der Waals surface area contributed by atoms with Crippen molar-refractivity contribution < 1.29 is 37.0 Å². The van der Waals surface area contributed by atoms with Gasteiger partial charge in [0, 0.05) is 18.0 Å². The van der Waals surface area contributed by atoms with Gasteiger partial charge in [0.2, 0.25) is 0 Å². The second-order valence-corrected chi connectivity index (χ2v) is 7.64. The lowest BCUT2D eigenvalue weighted by molar-refractivity contribution is -0.192. The van der Waals surface area contributed by atoms with E-state index in [4.69, 9.17) is 38.3 Å². The van der Waals surface area contributed by atoms with Gasteiger partial charge in [-0.15, -0.1) is 0 Å². The van der Waals surface area contributed by atoms with Crippen LogP contribution in [0.2, 0.25) is 0 Å². The molecule has 3 rings (SSSR count). The average Bonchev–Trinajstić information content (AvgIpc) is 2.78. The van der Waals surface area contributed by atoms with Crippen molar-refractivity contribution >= 4 is 40.7 Å². The van der Waals surface area contributed by atoms with Crippen LogP contribution in [0.15, 0.2) is 35.6 Å². The maximum atomic E-state index is 13.8. The number of carbonyl (C=O) groups is 2. The van der Waals surface area contributed by atoms with E-state index in [1.54, 1.807) is 25.1 Å².